The Morgan fingerprint density at radius 1 is 1.25 bits per heavy atom. The van der Waals surface area contributed by atoms with E-state index in [1.54, 1.807) is 27.8 Å². The third kappa shape index (κ3) is 3.46. The van der Waals surface area contributed by atoms with Crippen LogP contribution in [0.4, 0.5) is 0 Å². The number of para-hydroxylation sites is 1. The number of carbonyl (C=O) groups is 2. The highest BCUT2D eigenvalue weighted by atomic mass is 16.5. The summed E-state index contributed by atoms with van der Waals surface area (Å²) < 4.78 is 6.50. The fourth-order valence-electron chi connectivity index (χ4n) is 3.78. The number of nitrogens with one attached hydrogen (secondary N) is 2. The summed E-state index contributed by atoms with van der Waals surface area (Å²) in [6.07, 6.45) is 1.30. The standard InChI is InChI=1S/C19H23N5O4/c1-28-19(27)16-9-12-11-23(7-4-8-24(12)22-16)18(26)15-10-14(20-21-15)13-5-2-3-6-17(13)25/h2-3,5-6,9,14-15,20-21,25H,4,7-8,10-11H2,1H3. The van der Waals surface area contributed by atoms with E-state index in [1.165, 1.54) is 7.11 Å². The average Bonchev–Trinajstić information content (AvgIpc) is 3.30. The number of phenolic OH excluding ortho intramolecular Hbond substituents is 1. The first-order valence-electron chi connectivity index (χ1n) is 9.29. The van der Waals surface area contributed by atoms with Crippen LogP contribution in [0, 0.1) is 0 Å². The van der Waals surface area contributed by atoms with E-state index < -0.39 is 5.97 Å². The highest BCUT2D eigenvalue weighted by Gasteiger charge is 2.34. The molecule has 1 amide bonds. The second kappa shape index (κ2) is 7.61. The maximum Gasteiger partial charge on any atom is 0.358 e. The van der Waals surface area contributed by atoms with Crippen LogP contribution in [-0.4, -0.2) is 51.4 Å². The van der Waals surface area contributed by atoms with Gasteiger partial charge in [0.1, 0.15) is 11.8 Å². The van der Waals surface area contributed by atoms with Gasteiger partial charge in [0.25, 0.3) is 0 Å². The second-order valence-electron chi connectivity index (χ2n) is 7.04. The Morgan fingerprint density at radius 3 is 2.86 bits per heavy atom. The van der Waals surface area contributed by atoms with Crippen LogP contribution in [0.2, 0.25) is 0 Å². The molecular formula is C19H23N5O4. The molecule has 2 aromatic rings. The fraction of sp³-hybridized carbons (Fsp3) is 0.421. The number of rotatable bonds is 3. The molecule has 9 nitrogen and oxygen atoms in total. The number of hydrogen-bond acceptors (Lipinski definition) is 7. The van der Waals surface area contributed by atoms with E-state index in [9.17, 15) is 14.7 Å². The van der Waals surface area contributed by atoms with Gasteiger partial charge in [0, 0.05) is 18.7 Å². The molecule has 2 aliphatic heterocycles. The SMILES string of the molecule is COC(=O)c1cc2n(n1)CCCN(C(=O)C1CC(c3ccccc3O)NN1)C2. The molecule has 1 fully saturated rings. The van der Waals surface area contributed by atoms with E-state index >= 15 is 0 Å². The van der Waals surface area contributed by atoms with Crippen molar-refractivity contribution in [2.45, 2.75) is 38.0 Å². The highest BCUT2D eigenvalue weighted by Crippen LogP contribution is 2.30. The van der Waals surface area contributed by atoms with Gasteiger partial charge in [0.2, 0.25) is 5.91 Å². The van der Waals surface area contributed by atoms with E-state index in [1.807, 2.05) is 12.1 Å². The van der Waals surface area contributed by atoms with Crippen molar-refractivity contribution in [3.63, 3.8) is 0 Å². The summed E-state index contributed by atoms with van der Waals surface area (Å²) in [4.78, 5) is 26.6. The van der Waals surface area contributed by atoms with Gasteiger partial charge < -0.3 is 14.7 Å². The first-order valence-corrected chi connectivity index (χ1v) is 9.29. The average molecular weight is 385 g/mol. The summed E-state index contributed by atoms with van der Waals surface area (Å²) in [6, 6.07) is 8.27. The lowest BCUT2D eigenvalue weighted by atomic mass is 10.0. The molecule has 4 rings (SSSR count). The molecule has 2 aliphatic rings. The maximum atomic E-state index is 13.1. The summed E-state index contributed by atoms with van der Waals surface area (Å²) in [5.41, 5.74) is 8.00. The lowest BCUT2D eigenvalue weighted by Gasteiger charge is -2.23. The Hall–Kier alpha value is -2.91. The minimum absolute atomic E-state index is 0.0142. The molecule has 1 aromatic heterocycles. The Bertz CT molecular complexity index is 896. The molecule has 1 aromatic carbocycles. The number of nitrogens with zero attached hydrogens (tertiary/aromatic N) is 3. The number of ether oxygens (including phenoxy) is 1. The zero-order chi connectivity index (χ0) is 19.7. The summed E-state index contributed by atoms with van der Waals surface area (Å²) in [6.45, 7) is 1.66. The molecule has 3 heterocycles. The predicted octanol–water partition coefficient (Wildman–Crippen LogP) is 0.715. The van der Waals surface area contributed by atoms with Gasteiger partial charge in [0.05, 0.1) is 25.4 Å². The van der Waals surface area contributed by atoms with Crippen molar-refractivity contribution in [2.24, 2.45) is 0 Å². The molecule has 1 saturated heterocycles. The Kier molecular flexibility index (Phi) is 5.01. The molecule has 2 atom stereocenters. The van der Waals surface area contributed by atoms with Crippen molar-refractivity contribution in [1.29, 1.82) is 0 Å². The topological polar surface area (TPSA) is 109 Å². The number of esters is 1. The number of benzene rings is 1. The van der Waals surface area contributed by atoms with Crippen molar-refractivity contribution in [1.82, 2.24) is 25.5 Å². The number of aromatic hydroxyl groups is 1. The molecule has 0 spiro atoms. The largest absolute Gasteiger partial charge is 0.508 e. The lowest BCUT2D eigenvalue weighted by Crippen LogP contribution is -2.45. The van der Waals surface area contributed by atoms with Gasteiger partial charge in [0.15, 0.2) is 5.69 Å². The van der Waals surface area contributed by atoms with Crippen LogP contribution < -0.4 is 10.9 Å². The molecule has 0 bridgehead atoms. The summed E-state index contributed by atoms with van der Waals surface area (Å²) in [5, 5.41) is 14.3. The van der Waals surface area contributed by atoms with Crippen molar-refractivity contribution < 1.29 is 19.4 Å². The van der Waals surface area contributed by atoms with Crippen LogP contribution in [0.5, 0.6) is 5.75 Å². The quantitative estimate of drug-likeness (QED) is 0.668. The normalized spacial score (nSPS) is 21.8. The van der Waals surface area contributed by atoms with E-state index in [-0.39, 0.29) is 29.4 Å². The van der Waals surface area contributed by atoms with Crippen LogP contribution in [0.15, 0.2) is 30.3 Å². The van der Waals surface area contributed by atoms with Gasteiger partial charge in [-0.2, -0.15) is 5.10 Å². The summed E-state index contributed by atoms with van der Waals surface area (Å²) in [7, 11) is 1.32. The molecule has 0 aliphatic carbocycles. The number of hydrogen-bond donors (Lipinski definition) is 3. The number of phenols is 1. The van der Waals surface area contributed by atoms with Crippen molar-refractivity contribution >= 4 is 11.9 Å². The predicted molar refractivity (Wildman–Crippen MR) is 99.1 cm³/mol. The van der Waals surface area contributed by atoms with Gasteiger partial charge in [-0.3, -0.25) is 9.48 Å². The van der Waals surface area contributed by atoms with Crippen LogP contribution in [-0.2, 0) is 22.6 Å². The lowest BCUT2D eigenvalue weighted by molar-refractivity contribution is -0.133. The highest BCUT2D eigenvalue weighted by molar-refractivity contribution is 5.87. The zero-order valence-electron chi connectivity index (χ0n) is 15.6. The fourth-order valence-corrected chi connectivity index (χ4v) is 3.78. The van der Waals surface area contributed by atoms with Gasteiger partial charge in [-0.25, -0.2) is 15.6 Å². The third-order valence-corrected chi connectivity index (χ3v) is 5.23. The van der Waals surface area contributed by atoms with Crippen LogP contribution in [0.1, 0.15) is 40.6 Å². The molecule has 148 valence electrons. The second-order valence-corrected chi connectivity index (χ2v) is 7.04. The number of aromatic nitrogens is 2. The van der Waals surface area contributed by atoms with E-state index in [0.717, 1.165) is 17.7 Å². The number of amides is 1. The number of fused-ring (bicyclic) bond motifs is 1. The first kappa shape index (κ1) is 18.5. The Labute approximate surface area is 162 Å². The van der Waals surface area contributed by atoms with E-state index in [4.69, 9.17) is 4.74 Å². The number of aryl methyl sites for hydroxylation is 1. The molecule has 28 heavy (non-hydrogen) atoms. The van der Waals surface area contributed by atoms with Crippen LogP contribution in [0.25, 0.3) is 0 Å². The third-order valence-electron chi connectivity index (χ3n) is 5.23. The molecule has 0 saturated carbocycles. The Balaban J connectivity index is 1.46. The van der Waals surface area contributed by atoms with Crippen LogP contribution >= 0.6 is 0 Å². The Morgan fingerprint density at radius 2 is 2.07 bits per heavy atom. The van der Waals surface area contributed by atoms with Crippen LogP contribution in [0.3, 0.4) is 0 Å². The molecule has 2 unspecified atom stereocenters. The zero-order valence-corrected chi connectivity index (χ0v) is 15.6. The van der Waals surface area contributed by atoms with Crippen molar-refractivity contribution in [2.75, 3.05) is 13.7 Å². The summed E-state index contributed by atoms with van der Waals surface area (Å²) in [5.74, 6) is -0.283. The molecule has 3 N–H and O–H groups in total. The smallest absolute Gasteiger partial charge is 0.358 e. The number of carbonyl (C=O) groups excluding carboxylic acids is 2. The minimum atomic E-state index is -0.481. The van der Waals surface area contributed by atoms with Gasteiger partial charge in [-0.1, -0.05) is 18.2 Å². The molecule has 0 radical (unpaired) electrons. The monoisotopic (exact) mass is 385 g/mol. The summed E-state index contributed by atoms with van der Waals surface area (Å²) >= 11 is 0. The maximum absolute atomic E-state index is 13.1. The van der Waals surface area contributed by atoms with E-state index in [0.29, 0.717) is 26.1 Å². The number of hydrazine groups is 1. The van der Waals surface area contributed by atoms with Crippen molar-refractivity contribution in [3.8, 4) is 5.75 Å². The number of methoxy groups -OCH3 is 1. The van der Waals surface area contributed by atoms with Gasteiger partial charge in [-0.15, -0.1) is 0 Å². The molecule has 9 heteroatoms. The molecular weight excluding hydrogens is 362 g/mol. The minimum Gasteiger partial charge on any atom is -0.508 e. The van der Waals surface area contributed by atoms with E-state index in [2.05, 4.69) is 16.0 Å². The van der Waals surface area contributed by atoms with Gasteiger partial charge >= 0.3 is 5.97 Å². The van der Waals surface area contributed by atoms with Crippen molar-refractivity contribution in [3.05, 3.63) is 47.3 Å². The first-order chi connectivity index (χ1) is 13.6. The van der Waals surface area contributed by atoms with Gasteiger partial charge in [-0.05, 0) is 25.0 Å².